The lowest BCUT2D eigenvalue weighted by Crippen LogP contribution is -2.46. The standard InChI is InChI=1S/C18H26ClN3O4/c1-18(2,3)26-17(24)21-15(16(20)23)10-9-14(11-19)22-25-12-13-7-5-4-6-8-13/h4-8,15H,9-12H2,1-3H3,(H2,20,23)(H,21,24). The Morgan fingerprint density at radius 2 is 1.92 bits per heavy atom. The van der Waals surface area contributed by atoms with Crippen LogP contribution in [0.5, 0.6) is 0 Å². The number of nitrogens with two attached hydrogens (primary N) is 1. The van der Waals surface area contributed by atoms with E-state index in [1.165, 1.54) is 0 Å². The Morgan fingerprint density at radius 1 is 1.27 bits per heavy atom. The lowest BCUT2D eigenvalue weighted by atomic mass is 10.1. The Labute approximate surface area is 158 Å². The number of alkyl carbamates (subject to hydrolysis) is 1. The molecule has 0 spiro atoms. The Balaban J connectivity index is 2.52. The molecule has 0 aliphatic heterocycles. The molecule has 144 valence electrons. The van der Waals surface area contributed by atoms with Crippen molar-refractivity contribution in [3.63, 3.8) is 0 Å². The van der Waals surface area contributed by atoms with Gasteiger partial charge in [0.25, 0.3) is 0 Å². The van der Waals surface area contributed by atoms with Gasteiger partial charge in [-0.3, -0.25) is 4.79 Å². The van der Waals surface area contributed by atoms with Crippen molar-refractivity contribution in [2.75, 3.05) is 5.88 Å². The van der Waals surface area contributed by atoms with Crippen LogP contribution in [0.1, 0.15) is 39.2 Å². The van der Waals surface area contributed by atoms with Crippen molar-refractivity contribution in [1.82, 2.24) is 5.32 Å². The smallest absolute Gasteiger partial charge is 0.408 e. The molecule has 2 amide bonds. The molecule has 0 saturated carbocycles. The Bertz CT molecular complexity index is 615. The highest BCUT2D eigenvalue weighted by molar-refractivity contribution is 6.28. The summed E-state index contributed by atoms with van der Waals surface area (Å²) < 4.78 is 5.13. The van der Waals surface area contributed by atoms with Crippen LogP contribution in [-0.2, 0) is 21.0 Å². The van der Waals surface area contributed by atoms with Gasteiger partial charge in [-0.2, -0.15) is 0 Å². The second kappa shape index (κ2) is 10.7. The van der Waals surface area contributed by atoms with Crippen molar-refractivity contribution < 1.29 is 19.2 Å². The quantitative estimate of drug-likeness (QED) is 0.388. The maximum atomic E-state index is 11.8. The number of hydrogen-bond acceptors (Lipinski definition) is 5. The number of halogens is 1. The molecule has 1 unspecified atom stereocenters. The number of nitrogens with one attached hydrogen (secondary N) is 1. The minimum Gasteiger partial charge on any atom is -0.444 e. The van der Waals surface area contributed by atoms with Gasteiger partial charge in [-0.1, -0.05) is 35.5 Å². The minimum atomic E-state index is -0.882. The summed E-state index contributed by atoms with van der Waals surface area (Å²) in [5.74, 6) is -0.512. The van der Waals surface area contributed by atoms with Crippen molar-refractivity contribution in [2.24, 2.45) is 10.9 Å². The average Bonchev–Trinajstić information content (AvgIpc) is 2.55. The van der Waals surface area contributed by atoms with Gasteiger partial charge in [0.15, 0.2) is 0 Å². The molecule has 7 nitrogen and oxygen atoms in total. The third-order valence-electron chi connectivity index (χ3n) is 3.18. The van der Waals surface area contributed by atoms with E-state index >= 15 is 0 Å². The fourth-order valence-corrected chi connectivity index (χ4v) is 2.14. The summed E-state index contributed by atoms with van der Waals surface area (Å²) in [6, 6.07) is 8.69. The van der Waals surface area contributed by atoms with Crippen LogP contribution in [-0.4, -0.2) is 35.2 Å². The van der Waals surface area contributed by atoms with Gasteiger partial charge in [-0.15, -0.1) is 11.6 Å². The SMILES string of the molecule is CC(C)(C)OC(=O)NC(CCC(CCl)=NOCc1ccccc1)C(N)=O. The third kappa shape index (κ3) is 9.27. The van der Waals surface area contributed by atoms with Crippen LogP contribution < -0.4 is 11.1 Å². The van der Waals surface area contributed by atoms with Crippen LogP contribution in [0.2, 0.25) is 0 Å². The molecule has 1 rings (SSSR count). The summed E-state index contributed by atoms with van der Waals surface area (Å²) >= 11 is 5.87. The summed E-state index contributed by atoms with van der Waals surface area (Å²) in [6.45, 7) is 5.51. The first-order chi connectivity index (χ1) is 12.2. The molecule has 1 atom stereocenters. The molecule has 1 aromatic rings. The second-order valence-electron chi connectivity index (χ2n) is 6.69. The zero-order valence-electron chi connectivity index (χ0n) is 15.3. The molecular formula is C18H26ClN3O4. The molecule has 0 aromatic heterocycles. The lowest BCUT2D eigenvalue weighted by Gasteiger charge is -2.22. The molecule has 26 heavy (non-hydrogen) atoms. The van der Waals surface area contributed by atoms with E-state index < -0.39 is 23.6 Å². The average molecular weight is 384 g/mol. The van der Waals surface area contributed by atoms with Gasteiger partial charge in [-0.25, -0.2) is 4.79 Å². The number of benzene rings is 1. The zero-order valence-corrected chi connectivity index (χ0v) is 16.1. The first kappa shape index (κ1) is 21.8. The molecule has 0 radical (unpaired) electrons. The Morgan fingerprint density at radius 3 is 2.46 bits per heavy atom. The van der Waals surface area contributed by atoms with E-state index in [9.17, 15) is 9.59 Å². The predicted molar refractivity (Wildman–Crippen MR) is 101 cm³/mol. The van der Waals surface area contributed by atoms with Crippen molar-refractivity contribution in [3.05, 3.63) is 35.9 Å². The Hall–Kier alpha value is -2.28. The number of ether oxygens (including phenoxy) is 1. The fraction of sp³-hybridized carbons (Fsp3) is 0.500. The molecule has 3 N–H and O–H groups in total. The molecule has 1 aromatic carbocycles. The van der Waals surface area contributed by atoms with Crippen LogP contribution in [0.15, 0.2) is 35.5 Å². The first-order valence-corrected chi connectivity index (χ1v) is 8.81. The monoisotopic (exact) mass is 383 g/mol. The summed E-state index contributed by atoms with van der Waals surface area (Å²) in [5, 5.41) is 6.46. The van der Waals surface area contributed by atoms with Crippen LogP contribution >= 0.6 is 11.6 Å². The van der Waals surface area contributed by atoms with Gasteiger partial charge in [0.2, 0.25) is 5.91 Å². The van der Waals surface area contributed by atoms with E-state index in [1.807, 2.05) is 30.3 Å². The minimum absolute atomic E-state index is 0.146. The Kier molecular flexibility index (Phi) is 8.92. The van der Waals surface area contributed by atoms with Crippen molar-refractivity contribution in [2.45, 2.75) is 51.9 Å². The van der Waals surface area contributed by atoms with Crippen molar-refractivity contribution >= 4 is 29.3 Å². The number of nitrogens with zero attached hydrogens (tertiary/aromatic N) is 1. The second-order valence-corrected chi connectivity index (χ2v) is 6.96. The van der Waals surface area contributed by atoms with E-state index in [1.54, 1.807) is 20.8 Å². The van der Waals surface area contributed by atoms with Crippen molar-refractivity contribution in [1.29, 1.82) is 0 Å². The van der Waals surface area contributed by atoms with Gasteiger partial charge in [-0.05, 0) is 39.2 Å². The van der Waals surface area contributed by atoms with Gasteiger partial charge in [0, 0.05) is 0 Å². The van der Waals surface area contributed by atoms with Gasteiger partial charge in [0.05, 0.1) is 11.6 Å². The van der Waals surface area contributed by atoms with Crippen LogP contribution in [0.25, 0.3) is 0 Å². The fourth-order valence-electron chi connectivity index (χ4n) is 1.96. The van der Waals surface area contributed by atoms with Crippen molar-refractivity contribution in [3.8, 4) is 0 Å². The number of carbonyl (C=O) groups is 2. The van der Waals surface area contributed by atoms with Gasteiger partial charge < -0.3 is 20.6 Å². The third-order valence-corrected chi connectivity index (χ3v) is 3.49. The number of carbonyl (C=O) groups excluding carboxylic acids is 2. The zero-order chi connectivity index (χ0) is 19.6. The van der Waals surface area contributed by atoms with E-state index in [0.717, 1.165) is 5.56 Å². The molecular weight excluding hydrogens is 358 g/mol. The topological polar surface area (TPSA) is 103 Å². The van der Waals surface area contributed by atoms with Crippen LogP contribution in [0.4, 0.5) is 4.79 Å². The number of amides is 2. The number of alkyl halides is 1. The highest BCUT2D eigenvalue weighted by atomic mass is 35.5. The number of oxime groups is 1. The van der Waals surface area contributed by atoms with Crippen LogP contribution in [0.3, 0.4) is 0 Å². The maximum absolute atomic E-state index is 11.8. The summed E-state index contributed by atoms with van der Waals surface area (Å²) in [6.07, 6.45) is -0.109. The molecule has 0 fully saturated rings. The van der Waals surface area contributed by atoms with Crippen LogP contribution in [0, 0.1) is 0 Å². The number of rotatable bonds is 9. The summed E-state index contributed by atoms with van der Waals surface area (Å²) in [7, 11) is 0. The van der Waals surface area contributed by atoms with E-state index in [0.29, 0.717) is 18.7 Å². The summed E-state index contributed by atoms with van der Waals surface area (Å²) in [4.78, 5) is 28.6. The largest absolute Gasteiger partial charge is 0.444 e. The first-order valence-electron chi connectivity index (χ1n) is 8.27. The maximum Gasteiger partial charge on any atom is 0.408 e. The molecule has 0 aliphatic carbocycles. The normalized spacial score (nSPS) is 13.0. The molecule has 0 saturated heterocycles. The lowest BCUT2D eigenvalue weighted by molar-refractivity contribution is -0.120. The molecule has 0 aliphatic rings. The predicted octanol–water partition coefficient (Wildman–Crippen LogP) is 2.96. The molecule has 0 heterocycles. The number of primary amides is 1. The van der Waals surface area contributed by atoms with E-state index in [-0.39, 0.29) is 12.3 Å². The van der Waals surface area contributed by atoms with Gasteiger partial charge >= 0.3 is 6.09 Å². The summed E-state index contributed by atoms with van der Waals surface area (Å²) in [5.41, 5.74) is 6.21. The van der Waals surface area contributed by atoms with E-state index in [2.05, 4.69) is 10.5 Å². The highest BCUT2D eigenvalue weighted by Gasteiger charge is 2.23. The number of hydrogen-bond donors (Lipinski definition) is 2. The van der Waals surface area contributed by atoms with E-state index in [4.69, 9.17) is 26.9 Å². The molecule has 0 bridgehead atoms. The molecule has 8 heteroatoms. The van der Waals surface area contributed by atoms with Gasteiger partial charge in [0.1, 0.15) is 18.2 Å². The highest BCUT2D eigenvalue weighted by Crippen LogP contribution is 2.09.